The first-order valence-electron chi connectivity index (χ1n) is 5.36. The topological polar surface area (TPSA) is 64.3 Å². The highest BCUT2D eigenvalue weighted by Crippen LogP contribution is 2.34. The summed E-state index contributed by atoms with van der Waals surface area (Å²) in [7, 11) is 1.56. The van der Waals surface area contributed by atoms with Gasteiger partial charge in [0.05, 0.1) is 18.2 Å². The van der Waals surface area contributed by atoms with Gasteiger partial charge in [-0.1, -0.05) is 12.1 Å². The molecule has 0 spiro atoms. The van der Waals surface area contributed by atoms with Gasteiger partial charge in [0.1, 0.15) is 5.75 Å². The lowest BCUT2D eigenvalue weighted by molar-refractivity contribution is 0.0930. The van der Waals surface area contributed by atoms with E-state index >= 15 is 0 Å². The van der Waals surface area contributed by atoms with Crippen LogP contribution in [0.4, 0.5) is 0 Å². The summed E-state index contributed by atoms with van der Waals surface area (Å²) >= 11 is 0. The minimum atomic E-state index is -0.169. The van der Waals surface area contributed by atoms with Gasteiger partial charge >= 0.3 is 0 Å². The van der Waals surface area contributed by atoms with Crippen LogP contribution in [-0.4, -0.2) is 25.1 Å². The average molecular weight is 220 g/mol. The molecule has 16 heavy (non-hydrogen) atoms. The lowest BCUT2D eigenvalue weighted by Crippen LogP contribution is -2.42. The molecule has 0 heterocycles. The highest BCUT2D eigenvalue weighted by atomic mass is 16.5. The predicted molar refractivity (Wildman–Crippen MR) is 61.5 cm³/mol. The number of para-hydroxylation sites is 1. The number of hydrogen-bond donors (Lipinski definition) is 2. The van der Waals surface area contributed by atoms with Crippen LogP contribution in [0, 0.1) is 0 Å². The molecule has 0 aromatic heterocycles. The minimum absolute atomic E-state index is 0.111. The van der Waals surface area contributed by atoms with Crippen molar-refractivity contribution in [3.63, 3.8) is 0 Å². The summed E-state index contributed by atoms with van der Waals surface area (Å²) in [5.74, 6) is 0.480. The molecule has 4 heteroatoms. The quantitative estimate of drug-likeness (QED) is 0.793. The second-order valence-electron chi connectivity index (χ2n) is 4.14. The molecule has 0 saturated heterocycles. The predicted octanol–water partition coefficient (Wildman–Crippen LogP) is 0.916. The van der Waals surface area contributed by atoms with Crippen LogP contribution in [-0.2, 0) is 0 Å². The minimum Gasteiger partial charge on any atom is -0.496 e. The van der Waals surface area contributed by atoms with Gasteiger partial charge in [0.25, 0.3) is 5.91 Å². The van der Waals surface area contributed by atoms with Crippen molar-refractivity contribution in [1.82, 2.24) is 5.32 Å². The Morgan fingerprint density at radius 3 is 2.75 bits per heavy atom. The fourth-order valence-electron chi connectivity index (χ4n) is 1.67. The van der Waals surface area contributed by atoms with E-state index in [-0.39, 0.29) is 11.4 Å². The number of nitrogens with two attached hydrogens (primary N) is 1. The van der Waals surface area contributed by atoms with Gasteiger partial charge in [0, 0.05) is 6.54 Å². The molecule has 4 nitrogen and oxygen atoms in total. The molecule has 1 aromatic carbocycles. The Hall–Kier alpha value is -1.55. The zero-order chi connectivity index (χ0) is 11.6. The van der Waals surface area contributed by atoms with E-state index in [4.69, 9.17) is 10.5 Å². The van der Waals surface area contributed by atoms with Gasteiger partial charge in [-0.15, -0.1) is 0 Å². The number of amides is 1. The van der Waals surface area contributed by atoms with Gasteiger partial charge in [-0.25, -0.2) is 0 Å². The highest BCUT2D eigenvalue weighted by molar-refractivity contribution is 5.97. The van der Waals surface area contributed by atoms with E-state index in [1.807, 2.05) is 12.1 Å². The Labute approximate surface area is 94.8 Å². The van der Waals surface area contributed by atoms with Crippen LogP contribution in [0.2, 0.25) is 0 Å². The number of rotatable bonds is 4. The molecule has 1 fully saturated rings. The van der Waals surface area contributed by atoms with Crippen LogP contribution >= 0.6 is 0 Å². The molecule has 0 unspecified atom stereocenters. The number of methoxy groups -OCH3 is 1. The molecular weight excluding hydrogens is 204 g/mol. The number of ether oxygens (including phenoxy) is 1. The van der Waals surface area contributed by atoms with Crippen LogP contribution in [0.5, 0.6) is 5.75 Å². The molecular formula is C12H16N2O2. The van der Waals surface area contributed by atoms with E-state index in [9.17, 15) is 4.79 Å². The Kier molecular flexibility index (Phi) is 2.83. The summed E-state index contributed by atoms with van der Waals surface area (Å²) in [6, 6.07) is 7.18. The summed E-state index contributed by atoms with van der Waals surface area (Å²) < 4.78 is 5.14. The van der Waals surface area contributed by atoms with E-state index < -0.39 is 0 Å². The lowest BCUT2D eigenvalue weighted by atomic mass is 10.1. The van der Waals surface area contributed by atoms with Gasteiger partial charge in [0.2, 0.25) is 0 Å². The lowest BCUT2D eigenvalue weighted by Gasteiger charge is -2.16. The Bertz CT molecular complexity index is 400. The fourth-order valence-corrected chi connectivity index (χ4v) is 1.67. The van der Waals surface area contributed by atoms with Crippen molar-refractivity contribution in [2.75, 3.05) is 13.7 Å². The molecule has 3 N–H and O–H groups in total. The normalized spacial score (nSPS) is 16.6. The van der Waals surface area contributed by atoms with Crippen LogP contribution in [0.25, 0.3) is 0 Å². The summed E-state index contributed by atoms with van der Waals surface area (Å²) in [5.41, 5.74) is 6.01. The van der Waals surface area contributed by atoms with E-state index in [0.717, 1.165) is 12.8 Å². The van der Waals surface area contributed by atoms with E-state index in [1.165, 1.54) is 0 Å². The maximum absolute atomic E-state index is 12.0. The first-order chi connectivity index (χ1) is 7.71. The molecule has 1 aliphatic rings. The summed E-state index contributed by atoms with van der Waals surface area (Å²) in [4.78, 5) is 12.0. The van der Waals surface area contributed by atoms with E-state index in [1.54, 1.807) is 19.2 Å². The zero-order valence-corrected chi connectivity index (χ0v) is 9.32. The molecule has 2 rings (SSSR count). The van der Waals surface area contributed by atoms with Crippen molar-refractivity contribution in [3.05, 3.63) is 29.8 Å². The number of carbonyl (C=O) groups is 1. The first kappa shape index (κ1) is 11.0. The fraction of sp³-hybridized carbons (Fsp3) is 0.417. The summed E-state index contributed by atoms with van der Waals surface area (Å²) in [6.07, 6.45) is 1.93. The maximum Gasteiger partial charge on any atom is 0.255 e. The Morgan fingerprint density at radius 2 is 2.19 bits per heavy atom. The smallest absolute Gasteiger partial charge is 0.255 e. The molecule has 1 saturated carbocycles. The van der Waals surface area contributed by atoms with E-state index in [2.05, 4.69) is 5.32 Å². The summed E-state index contributed by atoms with van der Waals surface area (Å²) in [6.45, 7) is 0.494. The van der Waals surface area contributed by atoms with Gasteiger partial charge < -0.3 is 15.8 Å². The molecule has 0 bridgehead atoms. The standard InChI is InChI=1S/C12H16N2O2/c1-16-10-5-3-2-4-9(10)11(15)14-12(8-13)6-7-12/h2-5H,6-8,13H2,1H3,(H,14,15). The highest BCUT2D eigenvalue weighted by Gasteiger charge is 2.42. The molecule has 0 atom stereocenters. The molecule has 86 valence electrons. The number of hydrogen-bond acceptors (Lipinski definition) is 3. The second kappa shape index (κ2) is 4.14. The van der Waals surface area contributed by atoms with Gasteiger partial charge in [-0.2, -0.15) is 0 Å². The van der Waals surface area contributed by atoms with Crippen molar-refractivity contribution in [2.24, 2.45) is 5.73 Å². The van der Waals surface area contributed by atoms with Gasteiger partial charge in [-0.05, 0) is 25.0 Å². The molecule has 1 amide bonds. The Balaban J connectivity index is 2.14. The van der Waals surface area contributed by atoms with Crippen LogP contribution < -0.4 is 15.8 Å². The van der Waals surface area contributed by atoms with Crippen molar-refractivity contribution in [1.29, 1.82) is 0 Å². The third-order valence-electron chi connectivity index (χ3n) is 2.97. The monoisotopic (exact) mass is 220 g/mol. The number of carbonyl (C=O) groups excluding carboxylic acids is 1. The van der Waals surface area contributed by atoms with Gasteiger partial charge in [0.15, 0.2) is 0 Å². The third-order valence-corrected chi connectivity index (χ3v) is 2.97. The van der Waals surface area contributed by atoms with Crippen LogP contribution in [0.3, 0.4) is 0 Å². The van der Waals surface area contributed by atoms with Gasteiger partial charge in [-0.3, -0.25) is 4.79 Å². The SMILES string of the molecule is COc1ccccc1C(=O)NC1(CN)CC1. The largest absolute Gasteiger partial charge is 0.496 e. The number of nitrogens with one attached hydrogen (secondary N) is 1. The van der Waals surface area contributed by atoms with Crippen molar-refractivity contribution in [2.45, 2.75) is 18.4 Å². The van der Waals surface area contributed by atoms with Crippen molar-refractivity contribution < 1.29 is 9.53 Å². The second-order valence-corrected chi connectivity index (χ2v) is 4.14. The van der Waals surface area contributed by atoms with E-state index in [0.29, 0.717) is 17.9 Å². The summed E-state index contributed by atoms with van der Waals surface area (Å²) in [5, 5.41) is 2.96. The molecule has 0 aliphatic heterocycles. The number of benzene rings is 1. The van der Waals surface area contributed by atoms with Crippen molar-refractivity contribution in [3.8, 4) is 5.75 Å². The molecule has 0 radical (unpaired) electrons. The van der Waals surface area contributed by atoms with Crippen LogP contribution in [0.15, 0.2) is 24.3 Å². The Morgan fingerprint density at radius 1 is 1.50 bits per heavy atom. The molecule has 1 aromatic rings. The third kappa shape index (κ3) is 2.02. The molecule has 1 aliphatic carbocycles. The van der Waals surface area contributed by atoms with Crippen LogP contribution in [0.1, 0.15) is 23.2 Å². The average Bonchev–Trinajstić information content (AvgIpc) is 3.09. The first-order valence-corrected chi connectivity index (χ1v) is 5.36. The maximum atomic E-state index is 12.0. The van der Waals surface area contributed by atoms with Crippen molar-refractivity contribution >= 4 is 5.91 Å². The zero-order valence-electron chi connectivity index (χ0n) is 9.32.